The quantitative estimate of drug-likeness (QED) is 0.763. The molecule has 9 heteroatoms. The maximum absolute atomic E-state index is 15.2. The number of nitrogens with two attached hydrogens (primary N) is 1. The van der Waals surface area contributed by atoms with Gasteiger partial charge in [-0.2, -0.15) is 0 Å². The molecular weight excluding hydrogens is 417 g/mol. The van der Waals surface area contributed by atoms with Crippen LogP contribution in [0.4, 0.5) is 10.1 Å². The van der Waals surface area contributed by atoms with Crippen LogP contribution in [0.25, 0.3) is 10.9 Å². The topological polar surface area (TPSA) is 88.6 Å². The Hall–Kier alpha value is -1.77. The third-order valence-corrected chi connectivity index (χ3v) is 7.81. The number of carboxylic acids is 1. The highest BCUT2D eigenvalue weighted by Gasteiger charge is 2.48. The number of nitrogens with zero attached hydrogens (tertiary/aromatic N) is 2. The molecule has 0 radical (unpaired) electrons. The molecule has 1 saturated heterocycles. The van der Waals surface area contributed by atoms with E-state index in [-0.39, 0.29) is 35.4 Å². The lowest BCUT2D eigenvalue weighted by atomic mass is 9.97. The first-order chi connectivity index (χ1) is 13.3. The maximum atomic E-state index is 15.2. The van der Waals surface area contributed by atoms with Gasteiger partial charge < -0.3 is 20.3 Å². The van der Waals surface area contributed by atoms with Crippen molar-refractivity contribution >= 4 is 46.7 Å². The highest BCUT2D eigenvalue weighted by molar-refractivity contribution is 7.99. The van der Waals surface area contributed by atoms with Gasteiger partial charge in [-0.1, -0.05) is 0 Å². The maximum Gasteiger partial charge on any atom is 0.341 e. The van der Waals surface area contributed by atoms with Gasteiger partial charge in [-0.3, -0.25) is 4.79 Å². The van der Waals surface area contributed by atoms with Crippen LogP contribution in [0.3, 0.4) is 0 Å². The number of aromatic nitrogens is 1. The highest BCUT2D eigenvalue weighted by atomic mass is 35.5. The van der Waals surface area contributed by atoms with E-state index in [1.807, 2.05) is 6.92 Å². The first-order valence-corrected chi connectivity index (χ1v) is 10.6. The van der Waals surface area contributed by atoms with E-state index in [1.54, 1.807) is 11.8 Å². The van der Waals surface area contributed by atoms with E-state index in [1.165, 1.54) is 16.7 Å². The van der Waals surface area contributed by atoms with E-state index in [0.717, 1.165) is 37.2 Å². The second-order valence-electron chi connectivity index (χ2n) is 8.34. The molecule has 0 bridgehead atoms. The molecule has 3 heterocycles. The summed E-state index contributed by atoms with van der Waals surface area (Å²) in [5.74, 6) is -0.695. The average Bonchev–Trinajstić information content (AvgIpc) is 3.20. The summed E-state index contributed by atoms with van der Waals surface area (Å²) in [7, 11) is 0. The van der Waals surface area contributed by atoms with Crippen molar-refractivity contribution in [2.24, 2.45) is 11.7 Å². The molecule has 1 saturated carbocycles. The second kappa shape index (κ2) is 6.89. The van der Waals surface area contributed by atoms with E-state index in [0.29, 0.717) is 28.3 Å². The molecule has 1 aromatic carbocycles. The third-order valence-electron chi connectivity index (χ3n) is 6.49. The zero-order valence-electron chi connectivity index (χ0n) is 16.0. The van der Waals surface area contributed by atoms with Crippen LogP contribution in [0.1, 0.15) is 42.6 Å². The van der Waals surface area contributed by atoms with Crippen LogP contribution in [-0.4, -0.2) is 40.0 Å². The molecule has 5 rings (SSSR count). The van der Waals surface area contributed by atoms with Gasteiger partial charge in [0.15, 0.2) is 0 Å². The predicted octanol–water partition coefficient (Wildman–Crippen LogP) is 3.24. The zero-order valence-corrected chi connectivity index (χ0v) is 17.6. The van der Waals surface area contributed by atoms with Gasteiger partial charge in [0.1, 0.15) is 11.4 Å². The Bertz CT molecular complexity index is 1090. The molecule has 29 heavy (non-hydrogen) atoms. The molecule has 0 unspecified atom stereocenters. The molecule has 1 aromatic heterocycles. The van der Waals surface area contributed by atoms with Crippen LogP contribution in [-0.2, 0) is 0 Å². The lowest BCUT2D eigenvalue weighted by Gasteiger charge is -2.30. The van der Waals surface area contributed by atoms with Crippen molar-refractivity contribution in [3.8, 4) is 0 Å². The molecule has 2 aromatic rings. The van der Waals surface area contributed by atoms with Crippen molar-refractivity contribution in [1.82, 2.24) is 4.57 Å². The first-order valence-electron chi connectivity index (χ1n) is 9.62. The van der Waals surface area contributed by atoms with Crippen LogP contribution >= 0.6 is 24.2 Å². The fourth-order valence-corrected chi connectivity index (χ4v) is 5.97. The summed E-state index contributed by atoms with van der Waals surface area (Å²) in [6.07, 6.45) is 3.00. The number of aromatic carboxylic acids is 1. The highest BCUT2D eigenvalue weighted by Crippen LogP contribution is 2.48. The SMILES string of the molecule is C[C@H]1CSc2c(N3CC[C@@H](C4(N)CC4)C3)c(F)cc3cc(C(=O)O)c(=O)n1c23.Cl. The molecule has 3 N–H and O–H groups in total. The minimum Gasteiger partial charge on any atom is -0.477 e. The van der Waals surface area contributed by atoms with Gasteiger partial charge in [-0.05, 0) is 44.2 Å². The number of carbonyl (C=O) groups is 1. The Kier molecular flexibility index (Phi) is 4.87. The summed E-state index contributed by atoms with van der Waals surface area (Å²) in [6.45, 7) is 3.36. The number of pyridine rings is 1. The molecule has 156 valence electrons. The van der Waals surface area contributed by atoms with Gasteiger partial charge in [-0.25, -0.2) is 9.18 Å². The summed E-state index contributed by atoms with van der Waals surface area (Å²) in [4.78, 5) is 27.1. The standard InChI is InChI=1S/C20H22FN3O3S.ClH/c1-10-9-28-17-15-11(6-13(19(26)27)18(25)24(10)15)7-14(21)16(17)23-5-2-12(8-23)20(22)3-4-20;/h6-7,10,12H,2-5,8-9,22H2,1H3,(H,26,27);1H/t10-,12+;/m0./s1. The lowest BCUT2D eigenvalue weighted by Crippen LogP contribution is -2.35. The molecule has 2 atom stereocenters. The Morgan fingerprint density at radius 1 is 1.38 bits per heavy atom. The molecule has 0 amide bonds. The molecule has 1 aliphatic carbocycles. The van der Waals surface area contributed by atoms with Crippen molar-refractivity contribution in [2.45, 2.75) is 42.7 Å². The van der Waals surface area contributed by atoms with Crippen molar-refractivity contribution < 1.29 is 14.3 Å². The van der Waals surface area contributed by atoms with Crippen LogP contribution in [0.5, 0.6) is 0 Å². The smallest absolute Gasteiger partial charge is 0.341 e. The van der Waals surface area contributed by atoms with Gasteiger partial charge in [0.25, 0.3) is 5.56 Å². The number of hydrogen-bond acceptors (Lipinski definition) is 5. The number of rotatable bonds is 3. The summed E-state index contributed by atoms with van der Waals surface area (Å²) in [5, 5.41) is 9.85. The van der Waals surface area contributed by atoms with Gasteiger partial charge in [0.2, 0.25) is 0 Å². The van der Waals surface area contributed by atoms with Gasteiger partial charge in [0.05, 0.1) is 16.1 Å². The molecule has 6 nitrogen and oxygen atoms in total. The molecule has 2 fully saturated rings. The second-order valence-corrected chi connectivity index (χ2v) is 9.37. The van der Waals surface area contributed by atoms with E-state index < -0.39 is 11.5 Å². The first kappa shape index (κ1) is 20.5. The average molecular weight is 440 g/mol. The monoisotopic (exact) mass is 439 g/mol. The van der Waals surface area contributed by atoms with Crippen LogP contribution < -0.4 is 16.2 Å². The molecule has 3 aliphatic rings. The van der Waals surface area contributed by atoms with Crippen molar-refractivity contribution in [2.75, 3.05) is 23.7 Å². The minimum atomic E-state index is -1.29. The predicted molar refractivity (Wildman–Crippen MR) is 114 cm³/mol. The number of benzene rings is 1. The van der Waals surface area contributed by atoms with Crippen molar-refractivity contribution in [3.63, 3.8) is 0 Å². The Balaban J connectivity index is 0.00000205. The summed E-state index contributed by atoms with van der Waals surface area (Å²) in [5.41, 5.74) is 6.63. The summed E-state index contributed by atoms with van der Waals surface area (Å²) < 4.78 is 16.8. The van der Waals surface area contributed by atoms with Crippen molar-refractivity contribution in [1.29, 1.82) is 0 Å². The van der Waals surface area contributed by atoms with E-state index >= 15 is 4.39 Å². The summed E-state index contributed by atoms with van der Waals surface area (Å²) >= 11 is 1.54. The van der Waals surface area contributed by atoms with Gasteiger partial charge in [0, 0.05) is 35.8 Å². The van der Waals surface area contributed by atoms with Gasteiger partial charge in [-0.15, -0.1) is 24.2 Å². The largest absolute Gasteiger partial charge is 0.477 e. The van der Waals surface area contributed by atoms with Gasteiger partial charge >= 0.3 is 5.97 Å². The molecule has 0 spiro atoms. The Morgan fingerprint density at radius 3 is 2.76 bits per heavy atom. The van der Waals surface area contributed by atoms with E-state index in [4.69, 9.17) is 5.73 Å². The van der Waals surface area contributed by atoms with E-state index in [9.17, 15) is 14.7 Å². The zero-order chi connectivity index (χ0) is 19.8. The number of thioether (sulfide) groups is 1. The van der Waals surface area contributed by atoms with Crippen LogP contribution in [0, 0.1) is 11.7 Å². The number of anilines is 1. The third kappa shape index (κ3) is 3.04. The van der Waals surface area contributed by atoms with Crippen molar-refractivity contribution in [3.05, 3.63) is 33.9 Å². The van der Waals surface area contributed by atoms with Crippen LogP contribution in [0.2, 0.25) is 0 Å². The minimum absolute atomic E-state index is 0. The Morgan fingerprint density at radius 2 is 2.10 bits per heavy atom. The van der Waals surface area contributed by atoms with Crippen LogP contribution in [0.15, 0.2) is 21.8 Å². The van der Waals surface area contributed by atoms with E-state index in [2.05, 4.69) is 4.90 Å². The molecular formula is C20H23ClFN3O3S. The Labute approximate surface area is 177 Å². The summed E-state index contributed by atoms with van der Waals surface area (Å²) in [6, 6.07) is 2.52. The fraction of sp³-hybridized carbons (Fsp3) is 0.500. The fourth-order valence-electron chi connectivity index (χ4n) is 4.70. The number of hydrogen-bond donors (Lipinski definition) is 2. The number of carboxylic acid groups (broad SMARTS) is 1. The molecule has 2 aliphatic heterocycles. The normalized spacial score (nSPS) is 24.4. The lowest BCUT2D eigenvalue weighted by molar-refractivity contribution is 0.0694. The number of halogens is 2.